The van der Waals surface area contributed by atoms with Gasteiger partial charge in [-0.25, -0.2) is 0 Å². The highest BCUT2D eigenvalue weighted by atomic mass is 35.5. The predicted molar refractivity (Wildman–Crippen MR) is 74.8 cm³/mol. The zero-order chi connectivity index (χ0) is 13.8. The Hall–Kier alpha value is -1.66. The van der Waals surface area contributed by atoms with E-state index in [0.29, 0.717) is 15.9 Å². The predicted octanol–water partition coefficient (Wildman–Crippen LogP) is 2.91. The van der Waals surface area contributed by atoms with Crippen molar-refractivity contribution in [1.82, 2.24) is 10.2 Å². The maximum Gasteiger partial charge on any atom is 0.266 e. The Morgan fingerprint density at radius 2 is 2.32 bits per heavy atom. The molecule has 0 spiro atoms. The number of nitrogens with zero attached hydrogens (tertiary/aromatic N) is 2. The van der Waals surface area contributed by atoms with Gasteiger partial charge in [-0.05, 0) is 31.5 Å². The molecule has 1 N–H and O–H groups in total. The maximum absolute atomic E-state index is 11.9. The molecule has 1 aromatic heterocycles. The molecule has 7 heteroatoms. The number of hydrogen-bond acceptors (Lipinski definition) is 5. The van der Waals surface area contributed by atoms with Crippen molar-refractivity contribution in [2.75, 3.05) is 5.32 Å². The fourth-order valence-corrected chi connectivity index (χ4v) is 1.99. The molecule has 1 atom stereocenters. The van der Waals surface area contributed by atoms with Crippen LogP contribution in [0.15, 0.2) is 23.7 Å². The molecule has 0 aliphatic rings. The van der Waals surface area contributed by atoms with E-state index < -0.39 is 6.10 Å². The molecule has 0 saturated carbocycles. The SMILES string of the molecule is Cc1ccc(Cl)c(O[C@H](C)C(=O)Nc2nncs2)c1. The van der Waals surface area contributed by atoms with Crippen LogP contribution in [0.1, 0.15) is 12.5 Å². The van der Waals surface area contributed by atoms with Gasteiger partial charge in [0.2, 0.25) is 5.13 Å². The lowest BCUT2D eigenvalue weighted by atomic mass is 10.2. The average molecular weight is 298 g/mol. The Labute approximate surface area is 119 Å². The van der Waals surface area contributed by atoms with Crippen molar-refractivity contribution in [3.8, 4) is 5.75 Å². The molecule has 19 heavy (non-hydrogen) atoms. The summed E-state index contributed by atoms with van der Waals surface area (Å²) in [4.78, 5) is 11.9. The maximum atomic E-state index is 11.9. The molecule has 0 fully saturated rings. The van der Waals surface area contributed by atoms with Gasteiger partial charge in [-0.15, -0.1) is 10.2 Å². The number of anilines is 1. The number of benzene rings is 1. The molecule has 100 valence electrons. The van der Waals surface area contributed by atoms with Crippen LogP contribution in [0.4, 0.5) is 5.13 Å². The Kier molecular flexibility index (Phi) is 4.34. The lowest BCUT2D eigenvalue weighted by molar-refractivity contribution is -0.122. The molecular weight excluding hydrogens is 286 g/mol. The number of rotatable bonds is 4. The Bertz CT molecular complexity index is 574. The van der Waals surface area contributed by atoms with E-state index in [0.717, 1.165) is 5.56 Å². The Balaban J connectivity index is 2.02. The van der Waals surface area contributed by atoms with Crippen LogP contribution in [0.25, 0.3) is 0 Å². The van der Waals surface area contributed by atoms with Gasteiger partial charge in [-0.3, -0.25) is 10.1 Å². The minimum atomic E-state index is -0.678. The molecule has 0 saturated heterocycles. The second-order valence-electron chi connectivity index (χ2n) is 3.93. The van der Waals surface area contributed by atoms with Crippen molar-refractivity contribution in [1.29, 1.82) is 0 Å². The summed E-state index contributed by atoms with van der Waals surface area (Å²) in [5.41, 5.74) is 2.55. The average Bonchev–Trinajstić information content (AvgIpc) is 2.86. The molecule has 5 nitrogen and oxygen atoms in total. The molecule has 0 unspecified atom stereocenters. The van der Waals surface area contributed by atoms with Gasteiger partial charge in [0, 0.05) is 0 Å². The van der Waals surface area contributed by atoms with Crippen LogP contribution in [0.5, 0.6) is 5.75 Å². The number of nitrogens with one attached hydrogen (secondary N) is 1. The second-order valence-corrected chi connectivity index (χ2v) is 5.17. The third-order valence-corrected chi connectivity index (χ3v) is 3.27. The summed E-state index contributed by atoms with van der Waals surface area (Å²) in [6.07, 6.45) is -0.678. The van der Waals surface area contributed by atoms with E-state index in [1.807, 2.05) is 13.0 Å². The van der Waals surface area contributed by atoms with Crippen LogP contribution < -0.4 is 10.1 Å². The van der Waals surface area contributed by atoms with Crippen LogP contribution in [0.3, 0.4) is 0 Å². The van der Waals surface area contributed by atoms with Crippen molar-refractivity contribution < 1.29 is 9.53 Å². The van der Waals surface area contributed by atoms with Gasteiger partial charge in [0.1, 0.15) is 11.3 Å². The summed E-state index contributed by atoms with van der Waals surface area (Å²) in [5.74, 6) is 0.191. The smallest absolute Gasteiger partial charge is 0.266 e. The summed E-state index contributed by atoms with van der Waals surface area (Å²) in [6.45, 7) is 3.57. The number of aromatic nitrogens is 2. The van der Waals surface area contributed by atoms with Crippen LogP contribution in [-0.4, -0.2) is 22.2 Å². The summed E-state index contributed by atoms with van der Waals surface area (Å²) in [7, 11) is 0. The topological polar surface area (TPSA) is 64.1 Å². The van der Waals surface area contributed by atoms with Crippen LogP contribution in [0.2, 0.25) is 5.02 Å². The van der Waals surface area contributed by atoms with Crippen molar-refractivity contribution in [3.05, 3.63) is 34.3 Å². The summed E-state index contributed by atoms with van der Waals surface area (Å²) in [5, 5.41) is 10.9. The van der Waals surface area contributed by atoms with E-state index in [-0.39, 0.29) is 5.91 Å². The van der Waals surface area contributed by atoms with E-state index in [4.69, 9.17) is 16.3 Å². The number of amides is 1. The fraction of sp³-hybridized carbons (Fsp3) is 0.250. The molecule has 1 aromatic carbocycles. The van der Waals surface area contributed by atoms with E-state index >= 15 is 0 Å². The molecule has 0 aliphatic carbocycles. The standard InChI is InChI=1S/C12H12ClN3O2S/c1-7-3-4-9(13)10(5-7)18-8(2)11(17)15-12-16-14-6-19-12/h3-6,8H,1-2H3,(H,15,16,17)/t8-/m1/s1. The van der Waals surface area contributed by atoms with Crippen molar-refractivity contribution in [3.63, 3.8) is 0 Å². The summed E-state index contributed by atoms with van der Waals surface area (Å²) in [6, 6.07) is 5.40. The van der Waals surface area contributed by atoms with E-state index in [1.165, 1.54) is 11.3 Å². The zero-order valence-corrected chi connectivity index (χ0v) is 12.0. The molecule has 1 amide bonds. The lowest BCUT2D eigenvalue weighted by Crippen LogP contribution is -2.30. The normalized spacial score (nSPS) is 11.9. The second kappa shape index (κ2) is 5.99. The van der Waals surface area contributed by atoms with Crippen molar-refractivity contribution in [2.45, 2.75) is 20.0 Å². The van der Waals surface area contributed by atoms with Gasteiger partial charge in [0.05, 0.1) is 5.02 Å². The van der Waals surface area contributed by atoms with Crippen molar-refractivity contribution >= 4 is 34.0 Å². The highest BCUT2D eigenvalue weighted by Crippen LogP contribution is 2.26. The minimum absolute atomic E-state index is 0.297. The number of carbonyl (C=O) groups is 1. The number of ether oxygens (including phenoxy) is 1. The number of halogens is 1. The molecule has 0 radical (unpaired) electrons. The molecule has 2 rings (SSSR count). The molecule has 0 bridgehead atoms. The monoisotopic (exact) mass is 297 g/mol. The quantitative estimate of drug-likeness (QED) is 0.942. The van der Waals surface area contributed by atoms with E-state index in [9.17, 15) is 4.79 Å². The first-order chi connectivity index (χ1) is 9.06. The molecule has 1 heterocycles. The molecular formula is C12H12ClN3O2S. The first-order valence-electron chi connectivity index (χ1n) is 5.56. The van der Waals surface area contributed by atoms with Crippen molar-refractivity contribution in [2.24, 2.45) is 0 Å². The fourth-order valence-electron chi connectivity index (χ4n) is 1.38. The first-order valence-corrected chi connectivity index (χ1v) is 6.82. The third-order valence-electron chi connectivity index (χ3n) is 2.35. The third kappa shape index (κ3) is 3.65. The van der Waals surface area contributed by atoms with Gasteiger partial charge in [-0.1, -0.05) is 29.0 Å². The largest absolute Gasteiger partial charge is 0.479 e. The Morgan fingerprint density at radius 3 is 3.00 bits per heavy atom. The molecule has 0 aliphatic heterocycles. The van der Waals surface area contributed by atoms with E-state index in [1.54, 1.807) is 24.6 Å². The summed E-state index contributed by atoms with van der Waals surface area (Å²) >= 11 is 7.26. The van der Waals surface area contributed by atoms with Gasteiger partial charge in [0.15, 0.2) is 6.10 Å². The van der Waals surface area contributed by atoms with Crippen LogP contribution in [0, 0.1) is 6.92 Å². The number of aryl methyl sites for hydroxylation is 1. The van der Waals surface area contributed by atoms with Gasteiger partial charge in [0.25, 0.3) is 5.91 Å². The Morgan fingerprint density at radius 1 is 1.53 bits per heavy atom. The molecule has 2 aromatic rings. The van der Waals surface area contributed by atoms with Crippen LogP contribution >= 0.6 is 22.9 Å². The van der Waals surface area contributed by atoms with Crippen LogP contribution in [-0.2, 0) is 4.79 Å². The first kappa shape index (κ1) is 13.8. The zero-order valence-electron chi connectivity index (χ0n) is 10.4. The van der Waals surface area contributed by atoms with E-state index in [2.05, 4.69) is 15.5 Å². The number of carbonyl (C=O) groups excluding carboxylic acids is 1. The highest BCUT2D eigenvalue weighted by Gasteiger charge is 2.17. The minimum Gasteiger partial charge on any atom is -0.479 e. The van der Waals surface area contributed by atoms with Gasteiger partial charge < -0.3 is 4.74 Å². The highest BCUT2D eigenvalue weighted by molar-refractivity contribution is 7.13. The van der Waals surface area contributed by atoms with Gasteiger partial charge in [-0.2, -0.15) is 0 Å². The van der Waals surface area contributed by atoms with Gasteiger partial charge >= 0.3 is 0 Å². The number of hydrogen-bond donors (Lipinski definition) is 1. The lowest BCUT2D eigenvalue weighted by Gasteiger charge is -2.15. The summed E-state index contributed by atoms with van der Waals surface area (Å²) < 4.78 is 5.55.